The van der Waals surface area contributed by atoms with Crippen molar-refractivity contribution in [2.24, 2.45) is 5.92 Å². The summed E-state index contributed by atoms with van der Waals surface area (Å²) in [6, 6.07) is 7.00. The summed E-state index contributed by atoms with van der Waals surface area (Å²) in [5.74, 6) is -0.299. The number of aliphatic hydroxyl groups excluding tert-OH is 1. The predicted molar refractivity (Wildman–Crippen MR) is 77.6 cm³/mol. The fourth-order valence-corrected chi connectivity index (χ4v) is 2.67. The maximum Gasteiger partial charge on any atom is 0.308 e. The largest absolute Gasteiger partial charge is 0.469 e. The number of hydrogen-bond acceptors (Lipinski definition) is 4. The van der Waals surface area contributed by atoms with Crippen molar-refractivity contribution in [1.82, 2.24) is 5.32 Å². The van der Waals surface area contributed by atoms with Crippen LogP contribution < -0.4 is 5.32 Å². The molecule has 1 aliphatic rings. The van der Waals surface area contributed by atoms with E-state index < -0.39 is 0 Å². The van der Waals surface area contributed by atoms with Crippen LogP contribution in [0.4, 0.5) is 0 Å². The molecule has 21 heavy (non-hydrogen) atoms. The van der Waals surface area contributed by atoms with Crippen molar-refractivity contribution in [3.8, 4) is 0 Å². The van der Waals surface area contributed by atoms with Crippen LogP contribution in [0.1, 0.15) is 41.6 Å². The molecule has 1 aromatic carbocycles. The normalized spacial score (nSPS) is 21.6. The highest BCUT2D eigenvalue weighted by Gasteiger charge is 2.27. The number of rotatable bonds is 4. The van der Waals surface area contributed by atoms with Gasteiger partial charge >= 0.3 is 5.97 Å². The van der Waals surface area contributed by atoms with Gasteiger partial charge < -0.3 is 15.2 Å². The molecule has 0 atom stereocenters. The van der Waals surface area contributed by atoms with Crippen LogP contribution in [0.3, 0.4) is 0 Å². The molecule has 1 saturated carbocycles. The van der Waals surface area contributed by atoms with Gasteiger partial charge in [0.05, 0.1) is 19.6 Å². The first-order valence-corrected chi connectivity index (χ1v) is 7.22. The zero-order chi connectivity index (χ0) is 15.2. The van der Waals surface area contributed by atoms with Gasteiger partial charge in [-0.2, -0.15) is 0 Å². The molecule has 114 valence electrons. The molecule has 0 heterocycles. The second kappa shape index (κ2) is 7.22. The molecule has 5 heteroatoms. The number of ether oxygens (including phenoxy) is 1. The second-order valence-electron chi connectivity index (χ2n) is 5.40. The zero-order valence-corrected chi connectivity index (χ0v) is 12.2. The zero-order valence-electron chi connectivity index (χ0n) is 12.2. The third-order valence-corrected chi connectivity index (χ3v) is 4.00. The minimum Gasteiger partial charge on any atom is -0.469 e. The molecule has 1 aliphatic carbocycles. The summed E-state index contributed by atoms with van der Waals surface area (Å²) < 4.78 is 4.75. The summed E-state index contributed by atoms with van der Waals surface area (Å²) in [6.45, 7) is -0.0283. The van der Waals surface area contributed by atoms with E-state index in [4.69, 9.17) is 9.84 Å². The highest BCUT2D eigenvalue weighted by atomic mass is 16.5. The lowest BCUT2D eigenvalue weighted by atomic mass is 9.86. The van der Waals surface area contributed by atoms with Crippen molar-refractivity contribution < 1.29 is 19.4 Å². The summed E-state index contributed by atoms with van der Waals surface area (Å²) in [6.07, 6.45) is 3.09. The van der Waals surface area contributed by atoms with Gasteiger partial charge in [-0.1, -0.05) is 12.1 Å². The van der Waals surface area contributed by atoms with Crippen LogP contribution in [-0.2, 0) is 16.1 Å². The molecule has 1 aromatic rings. The fourth-order valence-electron chi connectivity index (χ4n) is 2.67. The molecule has 2 rings (SSSR count). The van der Waals surface area contributed by atoms with Gasteiger partial charge in [-0.05, 0) is 43.4 Å². The average Bonchev–Trinajstić information content (AvgIpc) is 2.55. The van der Waals surface area contributed by atoms with Gasteiger partial charge in [0.15, 0.2) is 0 Å². The molecular weight excluding hydrogens is 270 g/mol. The van der Waals surface area contributed by atoms with E-state index in [0.717, 1.165) is 31.2 Å². The van der Waals surface area contributed by atoms with E-state index in [1.165, 1.54) is 7.11 Å². The monoisotopic (exact) mass is 291 g/mol. The van der Waals surface area contributed by atoms with Gasteiger partial charge in [-0.15, -0.1) is 0 Å². The summed E-state index contributed by atoms with van der Waals surface area (Å²) in [5, 5.41) is 12.0. The van der Waals surface area contributed by atoms with Crippen LogP contribution in [0.25, 0.3) is 0 Å². The molecule has 1 amide bonds. The van der Waals surface area contributed by atoms with Gasteiger partial charge in [0.2, 0.25) is 0 Å². The van der Waals surface area contributed by atoms with Crippen LogP contribution >= 0.6 is 0 Å². The maximum atomic E-state index is 12.1. The molecule has 0 radical (unpaired) electrons. The van der Waals surface area contributed by atoms with Crippen molar-refractivity contribution in [2.75, 3.05) is 7.11 Å². The predicted octanol–water partition coefficient (Wildman–Crippen LogP) is 1.64. The molecule has 0 unspecified atom stereocenters. The Kier molecular flexibility index (Phi) is 5.33. The fraction of sp³-hybridized carbons (Fsp3) is 0.500. The molecule has 0 bridgehead atoms. The van der Waals surface area contributed by atoms with Crippen LogP contribution in [0, 0.1) is 5.92 Å². The van der Waals surface area contributed by atoms with Gasteiger partial charge in [0, 0.05) is 11.6 Å². The van der Waals surface area contributed by atoms with Crippen molar-refractivity contribution >= 4 is 11.9 Å². The first kappa shape index (κ1) is 15.5. The number of hydrogen-bond donors (Lipinski definition) is 2. The molecule has 1 fully saturated rings. The number of methoxy groups -OCH3 is 1. The van der Waals surface area contributed by atoms with E-state index in [1.807, 2.05) is 0 Å². The number of carbonyl (C=O) groups excluding carboxylic acids is 2. The molecule has 0 aromatic heterocycles. The van der Waals surface area contributed by atoms with E-state index in [2.05, 4.69) is 5.32 Å². The third-order valence-electron chi connectivity index (χ3n) is 4.00. The second-order valence-corrected chi connectivity index (χ2v) is 5.40. The summed E-state index contributed by atoms with van der Waals surface area (Å²) >= 11 is 0. The Balaban J connectivity index is 1.85. The first-order valence-electron chi connectivity index (χ1n) is 7.22. The Morgan fingerprint density at radius 2 is 1.81 bits per heavy atom. The summed E-state index contributed by atoms with van der Waals surface area (Å²) in [7, 11) is 1.41. The van der Waals surface area contributed by atoms with Gasteiger partial charge in [-0.3, -0.25) is 9.59 Å². The first-order chi connectivity index (χ1) is 10.1. The van der Waals surface area contributed by atoms with Crippen LogP contribution in [0.5, 0.6) is 0 Å². The highest BCUT2D eigenvalue weighted by molar-refractivity contribution is 5.94. The summed E-state index contributed by atoms with van der Waals surface area (Å²) in [4.78, 5) is 23.6. The highest BCUT2D eigenvalue weighted by Crippen LogP contribution is 2.25. The van der Waals surface area contributed by atoms with Crippen molar-refractivity contribution in [2.45, 2.75) is 38.3 Å². The Labute approximate surface area is 124 Å². The van der Waals surface area contributed by atoms with E-state index in [1.54, 1.807) is 24.3 Å². The number of benzene rings is 1. The SMILES string of the molecule is COC(=O)C1CCC(NC(=O)c2ccc(CO)cc2)CC1. The molecule has 0 spiro atoms. The Morgan fingerprint density at radius 1 is 1.19 bits per heavy atom. The van der Waals surface area contributed by atoms with Crippen molar-refractivity contribution in [3.63, 3.8) is 0 Å². The van der Waals surface area contributed by atoms with Gasteiger partial charge in [0.25, 0.3) is 5.91 Å². The van der Waals surface area contributed by atoms with E-state index in [9.17, 15) is 9.59 Å². The van der Waals surface area contributed by atoms with E-state index in [0.29, 0.717) is 5.56 Å². The lowest BCUT2D eigenvalue weighted by Crippen LogP contribution is -2.38. The number of nitrogens with one attached hydrogen (secondary N) is 1. The molecule has 0 saturated heterocycles. The van der Waals surface area contributed by atoms with Crippen LogP contribution in [-0.4, -0.2) is 30.1 Å². The molecule has 0 aliphatic heterocycles. The maximum absolute atomic E-state index is 12.1. The topological polar surface area (TPSA) is 75.6 Å². The van der Waals surface area contributed by atoms with Crippen molar-refractivity contribution in [1.29, 1.82) is 0 Å². The quantitative estimate of drug-likeness (QED) is 0.827. The molecule has 2 N–H and O–H groups in total. The van der Waals surface area contributed by atoms with Gasteiger partial charge in [0.1, 0.15) is 0 Å². The minimum absolute atomic E-state index is 0.0283. The summed E-state index contributed by atoms with van der Waals surface area (Å²) in [5.41, 5.74) is 1.37. The third kappa shape index (κ3) is 4.04. The van der Waals surface area contributed by atoms with E-state index >= 15 is 0 Å². The number of esters is 1. The lowest BCUT2D eigenvalue weighted by Gasteiger charge is -2.27. The standard InChI is InChI=1S/C16H21NO4/c1-21-16(20)13-6-8-14(9-7-13)17-15(19)12-4-2-11(10-18)3-5-12/h2-5,13-14,18H,6-10H2,1H3,(H,17,19). The van der Waals surface area contributed by atoms with Crippen LogP contribution in [0.2, 0.25) is 0 Å². The minimum atomic E-state index is -0.153. The molecular formula is C16H21NO4. The Bertz CT molecular complexity index is 490. The Morgan fingerprint density at radius 3 is 2.33 bits per heavy atom. The average molecular weight is 291 g/mol. The number of aliphatic hydroxyl groups is 1. The van der Waals surface area contributed by atoms with Gasteiger partial charge in [-0.25, -0.2) is 0 Å². The van der Waals surface area contributed by atoms with E-state index in [-0.39, 0.29) is 30.4 Å². The number of amides is 1. The molecule has 5 nitrogen and oxygen atoms in total. The number of carbonyl (C=O) groups is 2. The Hall–Kier alpha value is -1.88. The van der Waals surface area contributed by atoms with Crippen LogP contribution in [0.15, 0.2) is 24.3 Å². The lowest BCUT2D eigenvalue weighted by molar-refractivity contribution is -0.146. The smallest absolute Gasteiger partial charge is 0.308 e. The van der Waals surface area contributed by atoms with Crippen molar-refractivity contribution in [3.05, 3.63) is 35.4 Å².